The van der Waals surface area contributed by atoms with E-state index in [1.54, 1.807) is 30.3 Å². The van der Waals surface area contributed by atoms with Crippen molar-refractivity contribution in [1.82, 2.24) is 0 Å². The molecule has 0 aliphatic rings. The van der Waals surface area contributed by atoms with E-state index < -0.39 is 0 Å². The van der Waals surface area contributed by atoms with Crippen molar-refractivity contribution in [3.05, 3.63) is 34.4 Å². The molecule has 3 nitrogen and oxygen atoms in total. The highest BCUT2D eigenvalue weighted by Gasteiger charge is 2.02. The Labute approximate surface area is 92.8 Å². The molecule has 0 unspecified atom stereocenters. The van der Waals surface area contributed by atoms with Gasteiger partial charge in [0.25, 0.3) is 0 Å². The zero-order valence-electron chi connectivity index (χ0n) is 7.99. The predicted octanol–water partition coefficient (Wildman–Crippen LogP) is 2.78. The summed E-state index contributed by atoms with van der Waals surface area (Å²) in [6.45, 7) is 0. The van der Waals surface area contributed by atoms with Crippen molar-refractivity contribution in [2.45, 2.75) is 0 Å². The molecule has 15 heavy (non-hydrogen) atoms. The van der Waals surface area contributed by atoms with Crippen LogP contribution in [0.2, 0.25) is 5.02 Å². The van der Waals surface area contributed by atoms with Gasteiger partial charge in [0, 0.05) is 10.6 Å². The van der Waals surface area contributed by atoms with Crippen molar-refractivity contribution < 1.29 is 4.74 Å². The largest absolute Gasteiger partial charge is 0.496 e. The third-order valence-electron chi connectivity index (χ3n) is 1.74. The number of hydrogen-bond donors (Lipinski definition) is 0. The van der Waals surface area contributed by atoms with E-state index in [0.717, 1.165) is 0 Å². The highest BCUT2D eigenvalue weighted by Crippen LogP contribution is 2.24. The first kappa shape index (κ1) is 11.1. The van der Waals surface area contributed by atoms with Crippen LogP contribution < -0.4 is 4.74 Å². The van der Waals surface area contributed by atoms with Gasteiger partial charge in [0.15, 0.2) is 0 Å². The summed E-state index contributed by atoms with van der Waals surface area (Å²) in [4.78, 5) is 0. The second-order valence-corrected chi connectivity index (χ2v) is 3.10. The van der Waals surface area contributed by atoms with Gasteiger partial charge in [-0.05, 0) is 24.3 Å². The fraction of sp³-hybridized carbons (Fsp3) is 0.0909. The van der Waals surface area contributed by atoms with Gasteiger partial charge in [-0.15, -0.1) is 0 Å². The van der Waals surface area contributed by atoms with Crippen LogP contribution in [0.1, 0.15) is 5.56 Å². The molecule has 0 saturated heterocycles. The zero-order chi connectivity index (χ0) is 11.3. The predicted molar refractivity (Wildman–Crippen MR) is 57.2 cm³/mol. The van der Waals surface area contributed by atoms with Crippen molar-refractivity contribution in [3.8, 4) is 17.9 Å². The van der Waals surface area contributed by atoms with Crippen molar-refractivity contribution in [1.29, 1.82) is 10.5 Å². The maximum Gasteiger partial charge on any atom is 0.130 e. The minimum Gasteiger partial charge on any atom is -0.496 e. The van der Waals surface area contributed by atoms with Crippen LogP contribution in [0.25, 0.3) is 6.08 Å². The van der Waals surface area contributed by atoms with Crippen LogP contribution in [0.4, 0.5) is 0 Å². The lowest BCUT2D eigenvalue weighted by atomic mass is 10.1. The number of allylic oxidation sites excluding steroid dienone is 1. The molecule has 1 rings (SSSR count). The number of hydrogen-bond acceptors (Lipinski definition) is 3. The number of rotatable bonds is 2. The van der Waals surface area contributed by atoms with E-state index in [9.17, 15) is 0 Å². The molecular formula is C11H7ClN2O. The molecule has 0 atom stereocenters. The molecule has 0 aromatic heterocycles. The molecule has 0 aliphatic heterocycles. The molecule has 74 valence electrons. The van der Waals surface area contributed by atoms with E-state index in [-0.39, 0.29) is 5.57 Å². The summed E-state index contributed by atoms with van der Waals surface area (Å²) in [5, 5.41) is 17.7. The lowest BCUT2D eigenvalue weighted by molar-refractivity contribution is 0.414. The molecule has 0 spiro atoms. The Morgan fingerprint density at radius 1 is 1.40 bits per heavy atom. The Hall–Kier alpha value is -1.97. The van der Waals surface area contributed by atoms with Gasteiger partial charge in [-0.2, -0.15) is 10.5 Å². The standard InChI is InChI=1S/C11H7ClN2O/c1-15-11-5-10(12)3-2-9(11)4-8(6-13)7-14/h2-5H,1H3. The van der Waals surface area contributed by atoms with Gasteiger partial charge in [0.2, 0.25) is 0 Å². The number of nitrogens with zero attached hydrogens (tertiary/aromatic N) is 2. The first-order valence-electron chi connectivity index (χ1n) is 4.06. The molecule has 4 heteroatoms. The van der Waals surface area contributed by atoms with E-state index >= 15 is 0 Å². The third kappa shape index (κ3) is 2.74. The highest BCUT2D eigenvalue weighted by atomic mass is 35.5. The topological polar surface area (TPSA) is 56.8 Å². The summed E-state index contributed by atoms with van der Waals surface area (Å²) in [5.74, 6) is 0.533. The highest BCUT2D eigenvalue weighted by molar-refractivity contribution is 6.30. The van der Waals surface area contributed by atoms with Gasteiger partial charge in [-0.1, -0.05) is 11.6 Å². The van der Waals surface area contributed by atoms with Crippen LogP contribution in [-0.4, -0.2) is 7.11 Å². The van der Waals surface area contributed by atoms with Gasteiger partial charge < -0.3 is 4.74 Å². The van der Waals surface area contributed by atoms with Crippen LogP contribution in [-0.2, 0) is 0 Å². The average molecular weight is 219 g/mol. The Morgan fingerprint density at radius 2 is 2.07 bits per heavy atom. The quantitative estimate of drug-likeness (QED) is 0.718. The zero-order valence-corrected chi connectivity index (χ0v) is 8.75. The lowest BCUT2D eigenvalue weighted by Gasteiger charge is -2.04. The first-order valence-corrected chi connectivity index (χ1v) is 4.44. The molecule has 1 aromatic rings. The molecule has 0 amide bonds. The minimum atomic E-state index is 0.0237. The van der Waals surface area contributed by atoms with Crippen LogP contribution in [0.15, 0.2) is 23.8 Å². The molecule has 0 N–H and O–H groups in total. The van der Waals surface area contributed by atoms with Crippen LogP contribution >= 0.6 is 11.6 Å². The van der Waals surface area contributed by atoms with Crippen LogP contribution in [0.5, 0.6) is 5.75 Å². The normalized spacial score (nSPS) is 8.53. The fourth-order valence-electron chi connectivity index (χ4n) is 1.05. The molecule has 0 radical (unpaired) electrons. The van der Waals surface area contributed by atoms with Crippen LogP contribution in [0.3, 0.4) is 0 Å². The summed E-state index contributed by atoms with van der Waals surface area (Å²) in [7, 11) is 1.50. The lowest BCUT2D eigenvalue weighted by Crippen LogP contribution is -1.87. The number of nitriles is 2. The second-order valence-electron chi connectivity index (χ2n) is 2.67. The first-order chi connectivity index (χ1) is 7.21. The van der Waals surface area contributed by atoms with E-state index in [0.29, 0.717) is 16.3 Å². The summed E-state index contributed by atoms with van der Waals surface area (Å²) in [5.41, 5.74) is 0.677. The van der Waals surface area contributed by atoms with Crippen LogP contribution in [0, 0.1) is 22.7 Å². The monoisotopic (exact) mass is 218 g/mol. The van der Waals surface area contributed by atoms with Crippen molar-refractivity contribution in [2.75, 3.05) is 7.11 Å². The van der Waals surface area contributed by atoms with E-state index in [1.165, 1.54) is 13.2 Å². The summed E-state index contributed by atoms with van der Waals surface area (Å²) in [6, 6.07) is 8.54. The number of methoxy groups -OCH3 is 1. The maximum atomic E-state index is 8.60. The third-order valence-corrected chi connectivity index (χ3v) is 1.97. The Balaban J connectivity index is 3.23. The van der Waals surface area contributed by atoms with E-state index in [2.05, 4.69) is 0 Å². The summed E-state index contributed by atoms with van der Waals surface area (Å²) < 4.78 is 5.07. The fourth-order valence-corrected chi connectivity index (χ4v) is 1.21. The molecule has 0 aliphatic carbocycles. The average Bonchev–Trinajstić information content (AvgIpc) is 2.27. The van der Waals surface area contributed by atoms with E-state index in [1.807, 2.05) is 0 Å². The number of halogens is 1. The van der Waals surface area contributed by atoms with Gasteiger partial charge in [-0.3, -0.25) is 0 Å². The molecule has 1 aromatic carbocycles. The molecule has 0 saturated carbocycles. The van der Waals surface area contributed by atoms with Gasteiger partial charge in [0.1, 0.15) is 23.5 Å². The Kier molecular flexibility index (Phi) is 3.74. The Bertz CT molecular complexity index is 464. The molecule has 0 heterocycles. The van der Waals surface area contributed by atoms with Gasteiger partial charge in [-0.25, -0.2) is 0 Å². The summed E-state index contributed by atoms with van der Waals surface area (Å²) >= 11 is 5.77. The number of benzene rings is 1. The van der Waals surface area contributed by atoms with Gasteiger partial charge >= 0.3 is 0 Å². The minimum absolute atomic E-state index is 0.0237. The SMILES string of the molecule is COc1cc(Cl)ccc1C=C(C#N)C#N. The molecule has 0 bridgehead atoms. The maximum absolute atomic E-state index is 8.60. The smallest absolute Gasteiger partial charge is 0.130 e. The molecular weight excluding hydrogens is 212 g/mol. The van der Waals surface area contributed by atoms with Crippen molar-refractivity contribution in [3.63, 3.8) is 0 Å². The number of ether oxygens (including phenoxy) is 1. The summed E-state index contributed by atoms with van der Waals surface area (Å²) in [6.07, 6.45) is 1.45. The molecule has 0 fully saturated rings. The van der Waals surface area contributed by atoms with Crippen molar-refractivity contribution >= 4 is 17.7 Å². The van der Waals surface area contributed by atoms with Gasteiger partial charge in [0.05, 0.1) is 7.11 Å². The van der Waals surface area contributed by atoms with Crippen molar-refractivity contribution in [2.24, 2.45) is 0 Å². The Morgan fingerprint density at radius 3 is 2.60 bits per heavy atom. The van der Waals surface area contributed by atoms with E-state index in [4.69, 9.17) is 26.9 Å². The second kappa shape index (κ2) is 5.05.